The highest BCUT2D eigenvalue weighted by Crippen LogP contribution is 1.80. The number of aliphatic hydroxyl groups is 2. The summed E-state index contributed by atoms with van der Waals surface area (Å²) in [6.07, 6.45) is -2.48. The molecule has 0 fully saturated rings. The largest absolute Gasteiger partial charge is 0.479 e. The Balaban J connectivity index is -0.0000000743. The van der Waals surface area contributed by atoms with E-state index in [0.29, 0.717) is 0 Å². The predicted octanol–water partition coefficient (Wildman–Crippen LogP) is -1.97. The Kier molecular flexibility index (Phi) is 24.3. The van der Waals surface area contributed by atoms with E-state index in [4.69, 9.17) is 31.1 Å². The molecule has 10 nitrogen and oxygen atoms in total. The number of carbonyl (C=O) groups is 2. The summed E-state index contributed by atoms with van der Waals surface area (Å²) in [6, 6.07) is 0. The number of hydrogen-bond acceptors (Lipinski definition) is 8. The van der Waals surface area contributed by atoms with E-state index in [1.165, 1.54) is 13.8 Å². The third kappa shape index (κ3) is 23.0. The maximum atomic E-state index is 9.79. The monoisotopic (exact) mass is 248 g/mol. The summed E-state index contributed by atoms with van der Waals surface area (Å²) in [5.41, 5.74) is 0. The second-order valence-electron chi connectivity index (χ2n) is 2.10. The van der Waals surface area contributed by atoms with Crippen LogP contribution in [0.25, 0.3) is 0 Å². The molecule has 0 aromatic rings. The molecule has 0 amide bonds. The highest BCUT2D eigenvalue weighted by atomic mass is 17.1. The van der Waals surface area contributed by atoms with Crippen molar-refractivity contribution in [3.63, 3.8) is 0 Å². The van der Waals surface area contributed by atoms with Gasteiger partial charge in [-0.25, -0.2) is 9.59 Å². The SMILES string of the molecule is CC(O)C(=O)O.CC(O)C(=O)OO.O.OO. The lowest BCUT2D eigenvalue weighted by molar-refractivity contribution is -0.241. The molecule has 2 unspecified atom stereocenters. The van der Waals surface area contributed by atoms with Crippen molar-refractivity contribution >= 4 is 11.9 Å². The summed E-state index contributed by atoms with van der Waals surface area (Å²) in [4.78, 5) is 22.4. The van der Waals surface area contributed by atoms with E-state index >= 15 is 0 Å². The molecule has 100 valence electrons. The van der Waals surface area contributed by atoms with Crippen molar-refractivity contribution in [1.82, 2.24) is 0 Å². The lowest BCUT2D eigenvalue weighted by Gasteiger charge is -1.94. The van der Waals surface area contributed by atoms with Crippen molar-refractivity contribution in [3.8, 4) is 0 Å². The minimum absolute atomic E-state index is 0. The Morgan fingerprint density at radius 2 is 1.31 bits per heavy atom. The zero-order valence-electron chi connectivity index (χ0n) is 8.56. The Labute approximate surface area is 90.1 Å². The fourth-order valence-corrected chi connectivity index (χ4v) is 0.0763. The molecule has 0 spiro atoms. The molecule has 0 bridgehead atoms. The van der Waals surface area contributed by atoms with E-state index in [1.54, 1.807) is 0 Å². The molecule has 0 aliphatic carbocycles. The molecule has 8 N–H and O–H groups in total. The smallest absolute Gasteiger partial charge is 0.369 e. The van der Waals surface area contributed by atoms with Crippen LogP contribution in [0.2, 0.25) is 0 Å². The van der Waals surface area contributed by atoms with Crippen molar-refractivity contribution in [3.05, 3.63) is 0 Å². The van der Waals surface area contributed by atoms with Crippen LogP contribution in [0.4, 0.5) is 0 Å². The Morgan fingerprint density at radius 1 is 1.06 bits per heavy atom. The number of aliphatic hydroxyl groups excluding tert-OH is 2. The summed E-state index contributed by atoms with van der Waals surface area (Å²) in [5.74, 6) is -2.23. The van der Waals surface area contributed by atoms with Gasteiger partial charge < -0.3 is 20.8 Å². The van der Waals surface area contributed by atoms with Crippen LogP contribution in [0.1, 0.15) is 13.8 Å². The van der Waals surface area contributed by atoms with Crippen molar-refractivity contribution in [2.45, 2.75) is 26.1 Å². The second-order valence-corrected chi connectivity index (χ2v) is 2.10. The van der Waals surface area contributed by atoms with Gasteiger partial charge in [0.25, 0.3) is 0 Å². The molecule has 0 aliphatic rings. The van der Waals surface area contributed by atoms with Crippen LogP contribution in [0, 0.1) is 0 Å². The molecule has 0 saturated heterocycles. The minimum atomic E-state index is -1.25. The van der Waals surface area contributed by atoms with E-state index in [-0.39, 0.29) is 5.48 Å². The first-order valence-corrected chi connectivity index (χ1v) is 3.47. The Bertz CT molecular complexity index is 165. The van der Waals surface area contributed by atoms with E-state index in [1.807, 2.05) is 0 Å². The quantitative estimate of drug-likeness (QED) is 0.237. The van der Waals surface area contributed by atoms with Gasteiger partial charge in [0.2, 0.25) is 0 Å². The molecule has 0 aromatic heterocycles. The average Bonchev–Trinajstić information content (AvgIpc) is 2.20. The van der Waals surface area contributed by atoms with Gasteiger partial charge in [0.05, 0.1) is 0 Å². The van der Waals surface area contributed by atoms with E-state index < -0.39 is 24.1 Å². The summed E-state index contributed by atoms with van der Waals surface area (Å²) in [7, 11) is 0. The molecule has 0 heterocycles. The average molecular weight is 248 g/mol. The van der Waals surface area contributed by atoms with Crippen LogP contribution in [0.15, 0.2) is 0 Å². The lowest BCUT2D eigenvalue weighted by Crippen LogP contribution is -2.17. The molecular formula is C6H16O10. The summed E-state index contributed by atoms with van der Waals surface area (Å²) >= 11 is 0. The van der Waals surface area contributed by atoms with Crippen LogP contribution in [0.5, 0.6) is 0 Å². The molecular weight excluding hydrogens is 232 g/mol. The molecule has 0 saturated carbocycles. The van der Waals surface area contributed by atoms with Crippen molar-refractivity contribution in [2.75, 3.05) is 0 Å². The number of aliphatic carboxylic acids is 1. The van der Waals surface area contributed by atoms with E-state index in [0.717, 1.165) is 0 Å². The predicted molar refractivity (Wildman–Crippen MR) is 48.6 cm³/mol. The number of carboxylic acids is 1. The number of hydrogen-bond donors (Lipinski definition) is 6. The van der Waals surface area contributed by atoms with Gasteiger partial charge in [0, 0.05) is 0 Å². The minimum Gasteiger partial charge on any atom is -0.479 e. The van der Waals surface area contributed by atoms with Crippen LogP contribution < -0.4 is 0 Å². The maximum absolute atomic E-state index is 9.79. The van der Waals surface area contributed by atoms with E-state index in [2.05, 4.69) is 4.89 Å². The molecule has 10 heteroatoms. The fraction of sp³-hybridized carbons (Fsp3) is 0.667. The van der Waals surface area contributed by atoms with Gasteiger partial charge in [-0.3, -0.25) is 15.4 Å². The van der Waals surface area contributed by atoms with Gasteiger partial charge >= 0.3 is 11.9 Å². The van der Waals surface area contributed by atoms with Crippen molar-refractivity contribution < 1.29 is 51.0 Å². The summed E-state index contributed by atoms with van der Waals surface area (Å²) < 4.78 is 0. The lowest BCUT2D eigenvalue weighted by atomic mass is 10.4. The highest BCUT2D eigenvalue weighted by Gasteiger charge is 2.07. The van der Waals surface area contributed by atoms with Gasteiger partial charge in [0.15, 0.2) is 6.10 Å². The van der Waals surface area contributed by atoms with Gasteiger partial charge in [-0.1, -0.05) is 0 Å². The number of carboxylic acid groups (broad SMARTS) is 1. The van der Waals surface area contributed by atoms with Gasteiger partial charge in [-0.15, -0.1) is 0 Å². The molecule has 0 aliphatic heterocycles. The van der Waals surface area contributed by atoms with Gasteiger partial charge in [-0.2, -0.15) is 5.26 Å². The molecule has 16 heavy (non-hydrogen) atoms. The zero-order valence-corrected chi connectivity index (χ0v) is 8.56. The van der Waals surface area contributed by atoms with Crippen LogP contribution in [-0.4, -0.2) is 60.7 Å². The topological polar surface area (TPSA) is 196 Å². The number of carbonyl (C=O) groups excluding carboxylic acids is 1. The van der Waals surface area contributed by atoms with Crippen molar-refractivity contribution in [2.24, 2.45) is 0 Å². The first-order valence-electron chi connectivity index (χ1n) is 3.47. The summed E-state index contributed by atoms with van der Waals surface area (Å²) in [5, 5.41) is 43.5. The molecule has 2 atom stereocenters. The maximum Gasteiger partial charge on any atom is 0.369 e. The van der Waals surface area contributed by atoms with Crippen LogP contribution in [-0.2, 0) is 14.5 Å². The molecule has 0 aromatic carbocycles. The zero-order chi connectivity index (χ0) is 13.0. The summed E-state index contributed by atoms with van der Waals surface area (Å²) in [6.45, 7) is 2.39. The third-order valence-corrected chi connectivity index (χ3v) is 0.788. The normalized spacial score (nSPS) is 11.2. The Morgan fingerprint density at radius 3 is 1.31 bits per heavy atom. The first-order chi connectivity index (χ1) is 6.82. The third-order valence-electron chi connectivity index (χ3n) is 0.788. The van der Waals surface area contributed by atoms with Crippen LogP contribution in [0.3, 0.4) is 0 Å². The van der Waals surface area contributed by atoms with Crippen LogP contribution >= 0.6 is 0 Å². The highest BCUT2D eigenvalue weighted by molar-refractivity contribution is 5.72. The van der Waals surface area contributed by atoms with Gasteiger partial charge in [-0.05, 0) is 13.8 Å². The fourth-order valence-electron chi connectivity index (χ4n) is 0.0763. The van der Waals surface area contributed by atoms with E-state index in [9.17, 15) is 9.59 Å². The van der Waals surface area contributed by atoms with Gasteiger partial charge in [0.1, 0.15) is 6.10 Å². The van der Waals surface area contributed by atoms with Crippen molar-refractivity contribution in [1.29, 1.82) is 0 Å². The first kappa shape index (κ1) is 24.1. The Hall–Kier alpha value is -1.30. The standard InChI is InChI=1S/C3H6O4.C3H6O3.H2O2.H2O/c1-2(4)3(5)7-6;1-2(4)3(5)6;1-2;/h2,4,6H,1H3;2,4H,1H3,(H,5,6);1-2H;1H2. The molecule has 0 radical (unpaired) electrons. The second kappa shape index (κ2) is 16.1. The number of rotatable bonds is 2. The molecule has 0 rings (SSSR count).